The molecule has 1 fully saturated rings. The lowest BCUT2D eigenvalue weighted by Crippen LogP contribution is -2.15. The van der Waals surface area contributed by atoms with Crippen molar-refractivity contribution in [2.24, 2.45) is 5.92 Å². The molecule has 4 heteroatoms. The van der Waals surface area contributed by atoms with Gasteiger partial charge < -0.3 is 4.98 Å². The first-order chi connectivity index (χ1) is 8.65. The van der Waals surface area contributed by atoms with Gasteiger partial charge in [-0.2, -0.15) is 0 Å². The summed E-state index contributed by atoms with van der Waals surface area (Å²) in [5.74, 6) is 0.740. The molecule has 1 saturated carbocycles. The SMILES string of the molecule is O=C(CC1CCC1)c1c[nH]c2cc(Cl)cc(Cl)c12. The molecule has 0 unspecified atom stereocenters. The van der Waals surface area contributed by atoms with Crippen LogP contribution in [0.2, 0.25) is 10.0 Å². The maximum atomic E-state index is 12.2. The largest absolute Gasteiger partial charge is 0.360 e. The highest BCUT2D eigenvalue weighted by molar-refractivity contribution is 6.39. The van der Waals surface area contributed by atoms with Gasteiger partial charge in [-0.15, -0.1) is 0 Å². The van der Waals surface area contributed by atoms with Gasteiger partial charge in [0.05, 0.1) is 5.02 Å². The number of hydrogen-bond donors (Lipinski definition) is 1. The third-order valence-corrected chi connectivity index (χ3v) is 4.21. The number of carbonyl (C=O) groups excluding carboxylic acids is 1. The second-order valence-corrected chi connectivity index (χ2v) is 5.78. The Kier molecular flexibility index (Phi) is 3.08. The molecule has 0 aliphatic heterocycles. The summed E-state index contributed by atoms with van der Waals surface area (Å²) in [5, 5.41) is 1.91. The Morgan fingerprint density at radius 1 is 1.33 bits per heavy atom. The number of H-pyrrole nitrogens is 1. The highest BCUT2D eigenvalue weighted by Gasteiger charge is 2.23. The van der Waals surface area contributed by atoms with Crippen LogP contribution in [0.1, 0.15) is 36.0 Å². The van der Waals surface area contributed by atoms with E-state index in [1.807, 2.05) is 0 Å². The van der Waals surface area contributed by atoms with E-state index in [0.29, 0.717) is 27.9 Å². The van der Waals surface area contributed by atoms with E-state index in [1.54, 1.807) is 18.3 Å². The summed E-state index contributed by atoms with van der Waals surface area (Å²) in [7, 11) is 0. The van der Waals surface area contributed by atoms with Gasteiger partial charge in [0, 0.05) is 34.1 Å². The Hall–Kier alpha value is -0.990. The molecule has 0 saturated heterocycles. The second kappa shape index (κ2) is 4.60. The van der Waals surface area contributed by atoms with Gasteiger partial charge in [0.2, 0.25) is 0 Å². The molecule has 3 rings (SSSR count). The lowest BCUT2D eigenvalue weighted by atomic mass is 9.81. The molecule has 18 heavy (non-hydrogen) atoms. The van der Waals surface area contributed by atoms with Crippen molar-refractivity contribution in [3.05, 3.63) is 33.9 Å². The van der Waals surface area contributed by atoms with Gasteiger partial charge in [0.1, 0.15) is 0 Å². The minimum atomic E-state index is 0.176. The first-order valence-corrected chi connectivity index (χ1v) is 6.90. The molecule has 0 amide bonds. The van der Waals surface area contributed by atoms with Gasteiger partial charge in [-0.05, 0) is 18.1 Å². The molecule has 1 aromatic heterocycles. The van der Waals surface area contributed by atoms with Crippen molar-refractivity contribution in [3.63, 3.8) is 0 Å². The maximum Gasteiger partial charge on any atom is 0.165 e. The molecule has 0 radical (unpaired) electrons. The van der Waals surface area contributed by atoms with Crippen LogP contribution in [-0.4, -0.2) is 10.8 Å². The monoisotopic (exact) mass is 281 g/mol. The molecule has 1 aromatic carbocycles. The minimum absolute atomic E-state index is 0.176. The van der Waals surface area contributed by atoms with Crippen molar-refractivity contribution in [2.45, 2.75) is 25.7 Å². The maximum absolute atomic E-state index is 12.2. The van der Waals surface area contributed by atoms with E-state index in [0.717, 1.165) is 10.9 Å². The van der Waals surface area contributed by atoms with E-state index in [-0.39, 0.29) is 5.78 Å². The van der Waals surface area contributed by atoms with Gasteiger partial charge in [-0.3, -0.25) is 4.79 Å². The highest BCUT2D eigenvalue weighted by atomic mass is 35.5. The van der Waals surface area contributed by atoms with Crippen LogP contribution >= 0.6 is 23.2 Å². The molecule has 1 aliphatic rings. The number of aromatic amines is 1. The predicted molar refractivity (Wildman–Crippen MR) is 74.6 cm³/mol. The van der Waals surface area contributed by atoms with E-state index in [2.05, 4.69) is 4.98 Å². The molecule has 0 bridgehead atoms. The molecule has 2 aromatic rings. The van der Waals surface area contributed by atoms with Crippen LogP contribution in [0.3, 0.4) is 0 Å². The van der Waals surface area contributed by atoms with Gasteiger partial charge >= 0.3 is 0 Å². The molecule has 94 valence electrons. The molecule has 1 N–H and O–H groups in total. The zero-order valence-corrected chi connectivity index (χ0v) is 11.3. The van der Waals surface area contributed by atoms with Crippen LogP contribution in [0.5, 0.6) is 0 Å². The summed E-state index contributed by atoms with van der Waals surface area (Å²) < 4.78 is 0. The van der Waals surface area contributed by atoms with Crippen molar-refractivity contribution in [1.29, 1.82) is 0 Å². The quantitative estimate of drug-likeness (QED) is 0.802. The Labute approximate surface area is 115 Å². The Bertz CT molecular complexity index is 614. The number of hydrogen-bond acceptors (Lipinski definition) is 1. The predicted octanol–water partition coefficient (Wildman–Crippen LogP) is 4.85. The number of carbonyl (C=O) groups is 1. The van der Waals surface area contributed by atoms with E-state index in [9.17, 15) is 4.79 Å². The zero-order chi connectivity index (χ0) is 12.7. The van der Waals surface area contributed by atoms with Crippen LogP contribution in [0.15, 0.2) is 18.3 Å². The van der Waals surface area contributed by atoms with Crippen molar-refractivity contribution >= 4 is 39.9 Å². The Morgan fingerprint density at radius 2 is 2.11 bits per heavy atom. The highest BCUT2D eigenvalue weighted by Crippen LogP contribution is 2.34. The zero-order valence-electron chi connectivity index (χ0n) is 9.80. The standard InChI is InChI=1S/C14H13Cl2NO/c15-9-5-11(16)14-10(7-17-12(14)6-9)13(18)4-8-2-1-3-8/h5-8,17H,1-4H2. The van der Waals surface area contributed by atoms with Gasteiger partial charge in [-0.1, -0.05) is 42.5 Å². The molecule has 0 atom stereocenters. The number of Topliss-reactive ketones (excluding diaryl/α,β-unsaturated/α-hetero) is 1. The molecular formula is C14H13Cl2NO. The number of nitrogens with one attached hydrogen (secondary N) is 1. The van der Waals surface area contributed by atoms with E-state index < -0.39 is 0 Å². The Balaban J connectivity index is 1.98. The first kappa shape index (κ1) is 12.1. The third-order valence-electron chi connectivity index (χ3n) is 3.70. The summed E-state index contributed by atoms with van der Waals surface area (Å²) in [6.45, 7) is 0. The molecule has 0 spiro atoms. The fourth-order valence-corrected chi connectivity index (χ4v) is 3.07. The fraction of sp³-hybridized carbons (Fsp3) is 0.357. The molecule has 2 nitrogen and oxygen atoms in total. The third kappa shape index (κ3) is 2.04. The van der Waals surface area contributed by atoms with Crippen LogP contribution in [0.25, 0.3) is 10.9 Å². The van der Waals surface area contributed by atoms with E-state index in [1.165, 1.54) is 19.3 Å². The normalized spacial score (nSPS) is 15.9. The average Bonchev–Trinajstić information content (AvgIpc) is 2.66. The average molecular weight is 282 g/mol. The lowest BCUT2D eigenvalue weighted by molar-refractivity contribution is 0.0938. The van der Waals surface area contributed by atoms with Crippen LogP contribution < -0.4 is 0 Å². The van der Waals surface area contributed by atoms with Crippen molar-refractivity contribution < 1.29 is 4.79 Å². The molecule has 1 heterocycles. The number of aromatic nitrogens is 1. The second-order valence-electron chi connectivity index (χ2n) is 4.94. The number of fused-ring (bicyclic) bond motifs is 1. The Morgan fingerprint density at radius 3 is 2.78 bits per heavy atom. The van der Waals surface area contributed by atoms with Crippen molar-refractivity contribution in [3.8, 4) is 0 Å². The van der Waals surface area contributed by atoms with Gasteiger partial charge in [-0.25, -0.2) is 0 Å². The first-order valence-electron chi connectivity index (χ1n) is 6.14. The summed E-state index contributed by atoms with van der Waals surface area (Å²) in [6.07, 6.45) is 5.98. The number of rotatable bonds is 3. The summed E-state index contributed by atoms with van der Waals surface area (Å²) >= 11 is 12.1. The summed E-state index contributed by atoms with van der Waals surface area (Å²) in [6, 6.07) is 3.47. The number of ketones is 1. The number of halogens is 2. The molecule has 1 aliphatic carbocycles. The minimum Gasteiger partial charge on any atom is -0.360 e. The van der Waals surface area contributed by atoms with E-state index in [4.69, 9.17) is 23.2 Å². The van der Waals surface area contributed by atoms with Crippen molar-refractivity contribution in [1.82, 2.24) is 4.98 Å². The fourth-order valence-electron chi connectivity index (χ4n) is 2.47. The number of benzene rings is 1. The van der Waals surface area contributed by atoms with Crippen LogP contribution in [0.4, 0.5) is 0 Å². The topological polar surface area (TPSA) is 32.9 Å². The van der Waals surface area contributed by atoms with Gasteiger partial charge in [0.15, 0.2) is 5.78 Å². The van der Waals surface area contributed by atoms with Gasteiger partial charge in [0.25, 0.3) is 0 Å². The summed E-state index contributed by atoms with van der Waals surface area (Å²) in [4.78, 5) is 15.3. The van der Waals surface area contributed by atoms with Crippen LogP contribution in [0, 0.1) is 5.92 Å². The van der Waals surface area contributed by atoms with Crippen molar-refractivity contribution in [2.75, 3.05) is 0 Å². The molecular weight excluding hydrogens is 269 g/mol. The van der Waals surface area contributed by atoms with E-state index >= 15 is 0 Å². The smallest absolute Gasteiger partial charge is 0.165 e. The summed E-state index contributed by atoms with van der Waals surface area (Å²) in [5.41, 5.74) is 1.52. The lowest BCUT2D eigenvalue weighted by Gasteiger charge is -2.24. The van der Waals surface area contributed by atoms with Crippen LogP contribution in [-0.2, 0) is 0 Å².